The summed E-state index contributed by atoms with van der Waals surface area (Å²) in [5.74, 6) is 0.185. The lowest BCUT2D eigenvalue weighted by atomic mass is 10.0. The molecule has 0 bridgehead atoms. The van der Waals surface area contributed by atoms with Gasteiger partial charge >= 0.3 is 0 Å². The molecule has 1 aliphatic heterocycles. The van der Waals surface area contributed by atoms with Gasteiger partial charge in [-0.2, -0.15) is 0 Å². The van der Waals surface area contributed by atoms with Crippen molar-refractivity contribution in [3.63, 3.8) is 0 Å². The maximum atomic E-state index is 12.2. The summed E-state index contributed by atoms with van der Waals surface area (Å²) in [6.45, 7) is 1.58. The molecule has 1 heterocycles. The van der Waals surface area contributed by atoms with E-state index < -0.39 is 0 Å². The van der Waals surface area contributed by atoms with Gasteiger partial charge in [0.2, 0.25) is 5.91 Å². The second-order valence-corrected chi connectivity index (χ2v) is 5.26. The Hall–Kier alpha value is -0.770. The van der Waals surface area contributed by atoms with Gasteiger partial charge in [0.05, 0.1) is 6.04 Å². The number of carbonyl (C=O) groups excluding carboxylic acids is 1. The molecular weight excluding hydrogens is 283 g/mol. The second kappa shape index (κ2) is 7.73. The molecule has 0 spiro atoms. The van der Waals surface area contributed by atoms with Gasteiger partial charge in [-0.25, -0.2) is 0 Å². The molecule has 1 aliphatic rings. The van der Waals surface area contributed by atoms with Gasteiger partial charge < -0.3 is 10.2 Å². The lowest BCUT2D eigenvalue weighted by Gasteiger charge is -2.27. The smallest absolute Gasteiger partial charge is 0.239 e. The Morgan fingerprint density at radius 3 is 2.63 bits per heavy atom. The zero-order chi connectivity index (χ0) is 13.0. The number of nitrogens with one attached hydrogen (secondary N) is 1. The minimum Gasteiger partial charge on any atom is -0.340 e. The molecule has 1 aromatic rings. The van der Waals surface area contributed by atoms with Crippen LogP contribution in [0.4, 0.5) is 0 Å². The maximum absolute atomic E-state index is 12.2. The number of nitrogens with zero attached hydrogens (tertiary/aromatic N) is 1. The van der Waals surface area contributed by atoms with Gasteiger partial charge in [-0.1, -0.05) is 30.2 Å². The van der Waals surface area contributed by atoms with Crippen molar-refractivity contribution in [2.75, 3.05) is 13.6 Å². The van der Waals surface area contributed by atoms with Crippen LogP contribution in [-0.2, 0) is 11.3 Å². The molecule has 0 saturated carbocycles. The predicted molar refractivity (Wildman–Crippen MR) is 80.8 cm³/mol. The van der Waals surface area contributed by atoms with Crippen LogP contribution in [0.1, 0.15) is 24.8 Å². The van der Waals surface area contributed by atoms with Crippen LogP contribution in [0.2, 0.25) is 5.02 Å². The average Bonchev–Trinajstić information content (AvgIpc) is 2.41. The first-order chi connectivity index (χ1) is 8.66. The summed E-state index contributed by atoms with van der Waals surface area (Å²) < 4.78 is 0. The van der Waals surface area contributed by atoms with Crippen molar-refractivity contribution in [3.8, 4) is 0 Å². The van der Waals surface area contributed by atoms with Crippen molar-refractivity contribution >= 4 is 29.9 Å². The molecule has 106 valence electrons. The van der Waals surface area contributed by atoms with Crippen molar-refractivity contribution < 1.29 is 4.79 Å². The molecule has 1 N–H and O–H groups in total. The number of benzene rings is 1. The lowest BCUT2D eigenvalue weighted by Crippen LogP contribution is -2.46. The van der Waals surface area contributed by atoms with Crippen LogP contribution >= 0.6 is 24.0 Å². The van der Waals surface area contributed by atoms with E-state index in [4.69, 9.17) is 11.6 Å². The molecule has 19 heavy (non-hydrogen) atoms. The van der Waals surface area contributed by atoms with E-state index in [0.29, 0.717) is 6.54 Å². The molecule has 1 amide bonds. The fourth-order valence-electron chi connectivity index (χ4n) is 2.27. The fourth-order valence-corrected chi connectivity index (χ4v) is 2.40. The van der Waals surface area contributed by atoms with Crippen LogP contribution in [0.3, 0.4) is 0 Å². The van der Waals surface area contributed by atoms with Crippen molar-refractivity contribution in [1.29, 1.82) is 0 Å². The highest BCUT2D eigenvalue weighted by Gasteiger charge is 2.23. The Bertz CT molecular complexity index is 402. The Labute approximate surface area is 125 Å². The topological polar surface area (TPSA) is 32.3 Å². The first-order valence-corrected chi connectivity index (χ1v) is 6.77. The summed E-state index contributed by atoms with van der Waals surface area (Å²) in [6, 6.07) is 7.62. The molecule has 1 unspecified atom stereocenters. The number of piperidine rings is 1. The zero-order valence-electron chi connectivity index (χ0n) is 11.1. The SMILES string of the molecule is CN(Cc1ccc(Cl)cc1)C(=O)C1CCCCN1.Cl. The van der Waals surface area contributed by atoms with E-state index in [1.165, 1.54) is 6.42 Å². The van der Waals surface area contributed by atoms with Crippen molar-refractivity contribution in [3.05, 3.63) is 34.9 Å². The van der Waals surface area contributed by atoms with Crippen LogP contribution in [0.5, 0.6) is 0 Å². The number of hydrogen-bond acceptors (Lipinski definition) is 2. The highest BCUT2D eigenvalue weighted by molar-refractivity contribution is 6.30. The van der Waals surface area contributed by atoms with Crippen molar-refractivity contribution in [2.24, 2.45) is 0 Å². The molecular formula is C14H20Cl2N2O. The first-order valence-electron chi connectivity index (χ1n) is 6.39. The molecule has 0 aromatic heterocycles. The van der Waals surface area contributed by atoms with Crippen LogP contribution in [0, 0.1) is 0 Å². The normalized spacial score (nSPS) is 18.5. The summed E-state index contributed by atoms with van der Waals surface area (Å²) in [6.07, 6.45) is 3.26. The second-order valence-electron chi connectivity index (χ2n) is 4.82. The molecule has 1 fully saturated rings. The third kappa shape index (κ3) is 4.68. The third-order valence-electron chi connectivity index (χ3n) is 3.32. The number of rotatable bonds is 3. The minimum absolute atomic E-state index is 0. The van der Waals surface area contributed by atoms with Crippen molar-refractivity contribution in [1.82, 2.24) is 10.2 Å². The Morgan fingerprint density at radius 1 is 1.37 bits per heavy atom. The van der Waals surface area contributed by atoms with Gasteiger partial charge in [-0.15, -0.1) is 12.4 Å². The largest absolute Gasteiger partial charge is 0.340 e. The molecule has 1 aromatic carbocycles. The lowest BCUT2D eigenvalue weighted by molar-refractivity contribution is -0.133. The molecule has 2 rings (SSSR count). The van der Waals surface area contributed by atoms with Gasteiger partial charge in [0, 0.05) is 18.6 Å². The van der Waals surface area contributed by atoms with Crippen molar-refractivity contribution in [2.45, 2.75) is 31.8 Å². The number of amides is 1. The molecule has 0 radical (unpaired) electrons. The zero-order valence-corrected chi connectivity index (χ0v) is 12.6. The predicted octanol–water partition coefficient (Wildman–Crippen LogP) is 2.86. The van der Waals surface area contributed by atoms with Gasteiger partial charge in [0.1, 0.15) is 0 Å². The maximum Gasteiger partial charge on any atom is 0.239 e. The van der Waals surface area contributed by atoms with Crippen LogP contribution < -0.4 is 5.32 Å². The summed E-state index contributed by atoms with van der Waals surface area (Å²) in [7, 11) is 1.85. The standard InChI is InChI=1S/C14H19ClN2O.ClH/c1-17(10-11-5-7-12(15)8-6-11)14(18)13-4-2-3-9-16-13;/h5-8,13,16H,2-4,9-10H2,1H3;1H. The highest BCUT2D eigenvalue weighted by Crippen LogP contribution is 2.13. The monoisotopic (exact) mass is 302 g/mol. The van der Waals surface area contributed by atoms with E-state index in [2.05, 4.69) is 5.32 Å². The summed E-state index contributed by atoms with van der Waals surface area (Å²) >= 11 is 5.84. The van der Waals surface area contributed by atoms with E-state index in [9.17, 15) is 4.79 Å². The summed E-state index contributed by atoms with van der Waals surface area (Å²) in [4.78, 5) is 14.0. The van der Waals surface area contributed by atoms with Gasteiger partial charge in [0.15, 0.2) is 0 Å². The average molecular weight is 303 g/mol. The first kappa shape index (κ1) is 16.3. The quantitative estimate of drug-likeness (QED) is 0.931. The summed E-state index contributed by atoms with van der Waals surface area (Å²) in [5, 5.41) is 4.01. The van der Waals surface area contributed by atoms with Crippen LogP contribution in [0.15, 0.2) is 24.3 Å². The van der Waals surface area contributed by atoms with E-state index in [1.54, 1.807) is 4.90 Å². The highest BCUT2D eigenvalue weighted by atomic mass is 35.5. The molecule has 1 saturated heterocycles. The van der Waals surface area contributed by atoms with E-state index in [1.807, 2.05) is 31.3 Å². The summed E-state index contributed by atoms with van der Waals surface area (Å²) in [5.41, 5.74) is 1.10. The van der Waals surface area contributed by atoms with Gasteiger partial charge in [-0.05, 0) is 37.1 Å². The van der Waals surface area contributed by atoms with E-state index in [-0.39, 0.29) is 24.4 Å². The molecule has 0 aliphatic carbocycles. The number of halogens is 2. The molecule has 3 nitrogen and oxygen atoms in total. The number of hydrogen-bond donors (Lipinski definition) is 1. The molecule has 5 heteroatoms. The molecule has 1 atom stereocenters. The van der Waals surface area contributed by atoms with E-state index in [0.717, 1.165) is 30.0 Å². The van der Waals surface area contributed by atoms with Crippen LogP contribution in [0.25, 0.3) is 0 Å². The van der Waals surface area contributed by atoms with Gasteiger partial charge in [-0.3, -0.25) is 4.79 Å². The van der Waals surface area contributed by atoms with Gasteiger partial charge in [0.25, 0.3) is 0 Å². The third-order valence-corrected chi connectivity index (χ3v) is 3.57. The van der Waals surface area contributed by atoms with E-state index >= 15 is 0 Å². The number of carbonyl (C=O) groups is 1. The number of likely N-dealkylation sites (N-methyl/N-ethyl adjacent to an activating group) is 1. The Morgan fingerprint density at radius 2 is 2.05 bits per heavy atom. The van der Waals surface area contributed by atoms with Crippen LogP contribution in [-0.4, -0.2) is 30.4 Å². The fraction of sp³-hybridized carbons (Fsp3) is 0.500. The Balaban J connectivity index is 0.00000180. The minimum atomic E-state index is -0.00366. The Kier molecular flexibility index (Phi) is 6.63.